The van der Waals surface area contributed by atoms with Crippen LogP contribution in [0.25, 0.3) is 0 Å². The van der Waals surface area contributed by atoms with Gasteiger partial charge in [-0.1, -0.05) is 11.6 Å². The van der Waals surface area contributed by atoms with Crippen molar-refractivity contribution >= 4 is 34.6 Å². The molecule has 0 atom stereocenters. The average molecular weight is 349 g/mol. The zero-order valence-corrected chi connectivity index (χ0v) is 14.5. The van der Waals surface area contributed by atoms with Crippen molar-refractivity contribution in [3.8, 4) is 5.75 Å². The van der Waals surface area contributed by atoms with Crippen molar-refractivity contribution in [3.05, 3.63) is 29.5 Å². The third-order valence-corrected chi connectivity index (χ3v) is 4.32. The van der Waals surface area contributed by atoms with E-state index in [2.05, 4.69) is 32.1 Å². The molecular formula is C16H21ClN6O. The van der Waals surface area contributed by atoms with Crippen LogP contribution < -0.4 is 20.7 Å². The fourth-order valence-corrected chi connectivity index (χ4v) is 2.83. The number of nitrogens with two attached hydrogens (primary N) is 1. The van der Waals surface area contributed by atoms with Crippen LogP contribution >= 0.6 is 11.6 Å². The second-order valence-corrected chi connectivity index (χ2v) is 6.16. The number of likely N-dealkylation sites (N-methyl/N-ethyl adjacent to an activating group) is 1. The van der Waals surface area contributed by atoms with Crippen molar-refractivity contribution in [2.45, 2.75) is 0 Å². The van der Waals surface area contributed by atoms with E-state index in [1.54, 1.807) is 25.3 Å². The number of halogens is 1. The molecule has 24 heavy (non-hydrogen) atoms. The number of ether oxygens (including phenoxy) is 1. The van der Waals surface area contributed by atoms with E-state index in [0.29, 0.717) is 28.0 Å². The van der Waals surface area contributed by atoms with Gasteiger partial charge in [0.05, 0.1) is 12.8 Å². The zero-order valence-electron chi connectivity index (χ0n) is 13.8. The smallest absolute Gasteiger partial charge is 0.159 e. The van der Waals surface area contributed by atoms with E-state index in [0.717, 1.165) is 32.0 Å². The van der Waals surface area contributed by atoms with Gasteiger partial charge >= 0.3 is 0 Å². The first kappa shape index (κ1) is 16.6. The van der Waals surface area contributed by atoms with E-state index in [-0.39, 0.29) is 0 Å². The Hall–Kier alpha value is -2.25. The molecule has 1 aliphatic heterocycles. The number of aromatic nitrogens is 2. The topological polar surface area (TPSA) is 79.5 Å². The molecule has 1 saturated heterocycles. The van der Waals surface area contributed by atoms with Crippen molar-refractivity contribution in [1.29, 1.82) is 0 Å². The highest BCUT2D eigenvalue weighted by Crippen LogP contribution is 2.34. The van der Waals surface area contributed by atoms with Crippen LogP contribution in [0, 0.1) is 0 Å². The Kier molecular flexibility index (Phi) is 4.92. The number of piperazine rings is 1. The molecule has 128 valence electrons. The highest BCUT2D eigenvalue weighted by molar-refractivity contribution is 6.31. The monoisotopic (exact) mass is 348 g/mol. The molecule has 0 aliphatic carbocycles. The zero-order chi connectivity index (χ0) is 17.1. The number of anilines is 4. The van der Waals surface area contributed by atoms with E-state index in [1.807, 2.05) is 0 Å². The minimum atomic E-state index is 0.518. The lowest BCUT2D eigenvalue weighted by Crippen LogP contribution is -2.45. The van der Waals surface area contributed by atoms with Gasteiger partial charge < -0.3 is 25.6 Å². The van der Waals surface area contributed by atoms with E-state index < -0.39 is 0 Å². The number of hydrogen-bond acceptors (Lipinski definition) is 7. The number of nitrogen functional groups attached to an aromatic ring is 1. The second kappa shape index (κ2) is 7.11. The first-order chi connectivity index (χ1) is 11.6. The Morgan fingerprint density at radius 2 is 1.96 bits per heavy atom. The van der Waals surface area contributed by atoms with Crippen molar-refractivity contribution in [2.24, 2.45) is 0 Å². The molecule has 0 amide bonds. The summed E-state index contributed by atoms with van der Waals surface area (Å²) in [5.74, 6) is 1.96. The summed E-state index contributed by atoms with van der Waals surface area (Å²) >= 11 is 6.07. The van der Waals surface area contributed by atoms with Crippen LogP contribution in [0.4, 0.5) is 23.0 Å². The summed E-state index contributed by atoms with van der Waals surface area (Å²) in [5, 5.41) is 3.80. The molecule has 0 bridgehead atoms. The molecule has 8 heteroatoms. The van der Waals surface area contributed by atoms with Crippen LogP contribution in [0.1, 0.15) is 0 Å². The number of nitrogens with zero attached hydrogens (tertiary/aromatic N) is 4. The fourth-order valence-electron chi connectivity index (χ4n) is 2.66. The van der Waals surface area contributed by atoms with Gasteiger partial charge in [0.1, 0.15) is 17.8 Å². The molecule has 1 aromatic heterocycles. The first-order valence-corrected chi connectivity index (χ1v) is 8.11. The lowest BCUT2D eigenvalue weighted by molar-refractivity contribution is 0.312. The molecule has 0 radical (unpaired) electrons. The maximum absolute atomic E-state index is 6.31. The standard InChI is InChI=1S/C16H21ClN6O/c1-22-5-7-23(8-6-22)16-14(18)15(19-10-20-16)21-12-9-11(17)3-4-13(12)24-2/h3-4,9-10H,5-8,18H2,1-2H3,(H,19,20,21). The highest BCUT2D eigenvalue weighted by Gasteiger charge is 2.20. The summed E-state index contributed by atoms with van der Waals surface area (Å²) < 4.78 is 5.35. The van der Waals surface area contributed by atoms with E-state index in [4.69, 9.17) is 22.1 Å². The molecule has 1 fully saturated rings. The van der Waals surface area contributed by atoms with Crippen LogP contribution in [0.3, 0.4) is 0 Å². The summed E-state index contributed by atoms with van der Waals surface area (Å²) in [6.07, 6.45) is 1.52. The van der Waals surface area contributed by atoms with Gasteiger partial charge in [-0.15, -0.1) is 0 Å². The predicted molar refractivity (Wildman–Crippen MR) is 97.4 cm³/mol. The molecule has 7 nitrogen and oxygen atoms in total. The van der Waals surface area contributed by atoms with Crippen LogP contribution in [0.15, 0.2) is 24.5 Å². The minimum Gasteiger partial charge on any atom is -0.495 e. The first-order valence-electron chi connectivity index (χ1n) is 7.73. The second-order valence-electron chi connectivity index (χ2n) is 5.72. The van der Waals surface area contributed by atoms with Crippen LogP contribution in [-0.2, 0) is 0 Å². The predicted octanol–water partition coefficient (Wildman–Crippen LogP) is 2.22. The lowest BCUT2D eigenvalue weighted by Gasteiger charge is -2.33. The number of hydrogen-bond donors (Lipinski definition) is 2. The molecule has 0 spiro atoms. The molecule has 0 saturated carbocycles. The van der Waals surface area contributed by atoms with E-state index in [1.165, 1.54) is 6.33 Å². The summed E-state index contributed by atoms with van der Waals surface area (Å²) in [6, 6.07) is 5.34. The Balaban J connectivity index is 1.87. The van der Waals surface area contributed by atoms with Gasteiger partial charge in [-0.2, -0.15) is 0 Å². The normalized spacial score (nSPS) is 15.4. The van der Waals surface area contributed by atoms with Crippen molar-refractivity contribution < 1.29 is 4.74 Å². The largest absolute Gasteiger partial charge is 0.495 e. The van der Waals surface area contributed by atoms with Crippen LogP contribution in [-0.4, -0.2) is 55.2 Å². The summed E-state index contributed by atoms with van der Waals surface area (Å²) in [4.78, 5) is 13.1. The summed E-state index contributed by atoms with van der Waals surface area (Å²) in [7, 11) is 3.71. The highest BCUT2D eigenvalue weighted by atomic mass is 35.5. The molecule has 1 aromatic carbocycles. The van der Waals surface area contributed by atoms with Gasteiger partial charge in [0, 0.05) is 31.2 Å². The average Bonchev–Trinajstić information content (AvgIpc) is 2.58. The van der Waals surface area contributed by atoms with E-state index >= 15 is 0 Å². The van der Waals surface area contributed by atoms with Gasteiger partial charge in [0.25, 0.3) is 0 Å². The summed E-state index contributed by atoms with van der Waals surface area (Å²) in [6.45, 7) is 3.73. The molecule has 3 N–H and O–H groups in total. The van der Waals surface area contributed by atoms with Gasteiger partial charge in [0.2, 0.25) is 0 Å². The third-order valence-electron chi connectivity index (χ3n) is 4.08. The van der Waals surface area contributed by atoms with Crippen molar-refractivity contribution in [3.63, 3.8) is 0 Å². The van der Waals surface area contributed by atoms with Crippen molar-refractivity contribution in [2.75, 3.05) is 56.3 Å². The minimum absolute atomic E-state index is 0.518. The maximum Gasteiger partial charge on any atom is 0.159 e. The van der Waals surface area contributed by atoms with Gasteiger partial charge in [0.15, 0.2) is 11.6 Å². The molecule has 1 aliphatic rings. The third kappa shape index (κ3) is 3.47. The van der Waals surface area contributed by atoms with Crippen LogP contribution in [0.5, 0.6) is 5.75 Å². The summed E-state index contributed by atoms with van der Waals surface area (Å²) in [5.41, 5.74) is 7.54. The molecule has 0 unspecified atom stereocenters. The SMILES string of the molecule is COc1ccc(Cl)cc1Nc1ncnc(N2CCN(C)CC2)c1N. The Morgan fingerprint density at radius 3 is 2.67 bits per heavy atom. The van der Waals surface area contributed by atoms with Gasteiger partial charge in [-0.25, -0.2) is 9.97 Å². The molecule has 2 aromatic rings. The number of nitrogens with one attached hydrogen (secondary N) is 1. The number of methoxy groups -OCH3 is 1. The molecule has 2 heterocycles. The molecular weight excluding hydrogens is 328 g/mol. The Labute approximate surface area is 146 Å². The Morgan fingerprint density at radius 1 is 1.21 bits per heavy atom. The van der Waals surface area contributed by atoms with Gasteiger partial charge in [-0.3, -0.25) is 0 Å². The van der Waals surface area contributed by atoms with Crippen molar-refractivity contribution in [1.82, 2.24) is 14.9 Å². The van der Waals surface area contributed by atoms with Crippen LogP contribution in [0.2, 0.25) is 5.02 Å². The molecule has 3 rings (SSSR count). The quantitative estimate of drug-likeness (QED) is 0.876. The Bertz CT molecular complexity index is 718. The lowest BCUT2D eigenvalue weighted by atomic mass is 10.2. The number of rotatable bonds is 4. The number of benzene rings is 1. The van der Waals surface area contributed by atoms with E-state index in [9.17, 15) is 0 Å². The maximum atomic E-state index is 6.31. The van der Waals surface area contributed by atoms with Gasteiger partial charge in [-0.05, 0) is 25.2 Å². The fraction of sp³-hybridized carbons (Fsp3) is 0.375.